The van der Waals surface area contributed by atoms with E-state index in [0.29, 0.717) is 17.3 Å². The number of hydrogen-bond acceptors (Lipinski definition) is 3. The van der Waals surface area contributed by atoms with Crippen LogP contribution < -0.4 is 0 Å². The van der Waals surface area contributed by atoms with Gasteiger partial charge in [0.1, 0.15) is 9.88 Å². The van der Waals surface area contributed by atoms with Crippen LogP contribution in [0.1, 0.15) is 35.0 Å². The van der Waals surface area contributed by atoms with Crippen molar-refractivity contribution in [1.29, 1.82) is 0 Å². The van der Waals surface area contributed by atoms with Crippen LogP contribution in [0.15, 0.2) is 66.9 Å². The number of nitrogens with zero attached hydrogens (tertiary/aromatic N) is 2. The third kappa shape index (κ3) is 3.70. The van der Waals surface area contributed by atoms with Crippen LogP contribution in [0.2, 0.25) is 0 Å². The molecule has 0 radical (unpaired) electrons. The number of hydrogen-bond donors (Lipinski definition) is 0. The number of rotatable bonds is 6. The van der Waals surface area contributed by atoms with E-state index in [-0.39, 0.29) is 11.9 Å². The molecule has 3 aromatic rings. The normalized spacial score (nSPS) is 14.8. The molecule has 1 aromatic heterocycles. The number of benzene rings is 2. The lowest BCUT2D eigenvalue weighted by atomic mass is 10.1. The second-order valence-corrected chi connectivity index (χ2v) is 7.92. The fourth-order valence-electron chi connectivity index (χ4n) is 3.24. The lowest BCUT2D eigenvalue weighted by Crippen LogP contribution is -2.39. The zero-order chi connectivity index (χ0) is 17.9. The number of amides is 1. The molecule has 1 fully saturated rings. The lowest BCUT2D eigenvalue weighted by Gasteiger charge is -2.29. The molecule has 1 heterocycles. The van der Waals surface area contributed by atoms with Gasteiger partial charge in [-0.15, -0.1) is 11.3 Å². The van der Waals surface area contributed by atoms with Crippen LogP contribution >= 0.6 is 11.3 Å². The maximum atomic E-state index is 13.3. The highest BCUT2D eigenvalue weighted by molar-refractivity contribution is 7.16. The number of carbonyl (C=O) groups excluding carboxylic acids is 1. The van der Waals surface area contributed by atoms with Gasteiger partial charge in [0.2, 0.25) is 0 Å². The van der Waals surface area contributed by atoms with E-state index in [4.69, 9.17) is 0 Å². The lowest BCUT2D eigenvalue weighted by molar-refractivity contribution is 0.0659. The Morgan fingerprint density at radius 2 is 1.77 bits per heavy atom. The van der Waals surface area contributed by atoms with Crippen LogP contribution in [0.4, 0.5) is 0 Å². The molecule has 1 aliphatic rings. The summed E-state index contributed by atoms with van der Waals surface area (Å²) in [6.07, 6.45) is 4.17. The summed E-state index contributed by atoms with van der Waals surface area (Å²) in [5, 5.41) is 0.896. The molecule has 1 unspecified atom stereocenters. The zero-order valence-electron chi connectivity index (χ0n) is 14.8. The molecule has 26 heavy (non-hydrogen) atoms. The molecule has 1 amide bonds. The van der Waals surface area contributed by atoms with Gasteiger partial charge in [-0.2, -0.15) is 0 Å². The second kappa shape index (κ2) is 7.42. The van der Waals surface area contributed by atoms with Crippen molar-refractivity contribution >= 4 is 17.2 Å². The van der Waals surface area contributed by atoms with Crippen LogP contribution in [0.25, 0.3) is 10.6 Å². The summed E-state index contributed by atoms with van der Waals surface area (Å²) in [7, 11) is 0. The average Bonchev–Trinajstić information content (AvgIpc) is 3.43. The molecule has 0 spiro atoms. The van der Waals surface area contributed by atoms with Gasteiger partial charge in [-0.3, -0.25) is 4.79 Å². The van der Waals surface area contributed by atoms with Crippen molar-refractivity contribution in [3.8, 4) is 10.6 Å². The first-order valence-corrected chi connectivity index (χ1v) is 9.90. The molecule has 2 aromatic carbocycles. The quantitative estimate of drug-likeness (QED) is 0.600. The van der Waals surface area contributed by atoms with Gasteiger partial charge < -0.3 is 4.90 Å². The van der Waals surface area contributed by atoms with Crippen molar-refractivity contribution in [2.45, 2.75) is 32.4 Å². The topological polar surface area (TPSA) is 33.2 Å². The first kappa shape index (κ1) is 17.0. The molecule has 1 atom stereocenters. The molecule has 3 nitrogen and oxygen atoms in total. The fourth-order valence-corrected chi connectivity index (χ4v) is 4.12. The highest BCUT2D eigenvalue weighted by Crippen LogP contribution is 2.37. The van der Waals surface area contributed by atoms with E-state index in [1.54, 1.807) is 6.20 Å². The van der Waals surface area contributed by atoms with Crippen molar-refractivity contribution in [3.05, 3.63) is 77.3 Å². The summed E-state index contributed by atoms with van der Waals surface area (Å²) >= 11 is 1.48. The average molecular weight is 362 g/mol. The molecular weight excluding hydrogens is 340 g/mol. The first-order chi connectivity index (χ1) is 12.7. The molecular formula is C22H22N2OS. The van der Waals surface area contributed by atoms with Gasteiger partial charge in [0, 0.05) is 18.2 Å². The third-order valence-corrected chi connectivity index (χ3v) is 6.02. The Labute approximate surface area is 158 Å². The van der Waals surface area contributed by atoms with Gasteiger partial charge >= 0.3 is 0 Å². The monoisotopic (exact) mass is 362 g/mol. The van der Waals surface area contributed by atoms with Gasteiger partial charge in [0.15, 0.2) is 0 Å². The van der Waals surface area contributed by atoms with E-state index in [2.05, 4.69) is 24.0 Å². The summed E-state index contributed by atoms with van der Waals surface area (Å²) in [6.45, 7) is 2.83. The highest BCUT2D eigenvalue weighted by atomic mass is 32.1. The summed E-state index contributed by atoms with van der Waals surface area (Å²) in [4.78, 5) is 20.5. The summed E-state index contributed by atoms with van der Waals surface area (Å²) in [5.41, 5.74) is 2.22. The molecule has 0 bridgehead atoms. The van der Waals surface area contributed by atoms with Crippen molar-refractivity contribution in [3.63, 3.8) is 0 Å². The minimum atomic E-state index is 0.0907. The zero-order valence-corrected chi connectivity index (χ0v) is 15.7. The van der Waals surface area contributed by atoms with Gasteiger partial charge in [-0.05, 0) is 31.2 Å². The van der Waals surface area contributed by atoms with Crippen molar-refractivity contribution in [1.82, 2.24) is 9.88 Å². The molecule has 4 rings (SSSR count). The first-order valence-electron chi connectivity index (χ1n) is 9.08. The maximum absolute atomic E-state index is 13.3. The van der Waals surface area contributed by atoms with Crippen molar-refractivity contribution < 1.29 is 4.79 Å². The number of aromatic nitrogens is 1. The van der Waals surface area contributed by atoms with Gasteiger partial charge in [0.05, 0.1) is 6.20 Å². The molecule has 0 N–H and O–H groups in total. The van der Waals surface area contributed by atoms with Gasteiger partial charge in [0.25, 0.3) is 5.91 Å². The van der Waals surface area contributed by atoms with Crippen LogP contribution in [0, 0.1) is 5.92 Å². The minimum absolute atomic E-state index is 0.0907. The van der Waals surface area contributed by atoms with Crippen LogP contribution in [0.3, 0.4) is 0 Å². The van der Waals surface area contributed by atoms with Crippen LogP contribution in [-0.4, -0.2) is 21.8 Å². The smallest absolute Gasteiger partial charge is 0.266 e. The number of thiazole rings is 1. The predicted octanol–water partition coefficient (Wildman–Crippen LogP) is 5.25. The van der Waals surface area contributed by atoms with Gasteiger partial charge in [-0.25, -0.2) is 4.98 Å². The Morgan fingerprint density at radius 1 is 1.12 bits per heavy atom. The Morgan fingerprint density at radius 3 is 2.42 bits per heavy atom. The SMILES string of the molecule is CC(C1CC1)N(Cc1ccccc1)C(=O)c1cnc(-c2ccccc2)s1. The number of carbonyl (C=O) groups is 1. The Hall–Kier alpha value is -2.46. The van der Waals surface area contributed by atoms with Gasteiger partial charge in [-0.1, -0.05) is 60.7 Å². The molecule has 132 valence electrons. The molecule has 0 saturated heterocycles. The largest absolute Gasteiger partial charge is 0.331 e. The van der Waals surface area contributed by atoms with Crippen molar-refractivity contribution in [2.75, 3.05) is 0 Å². The summed E-state index contributed by atoms with van der Waals surface area (Å²) in [5.74, 6) is 0.720. The van der Waals surface area contributed by atoms with E-state index in [1.165, 1.54) is 29.7 Å². The van der Waals surface area contributed by atoms with Crippen molar-refractivity contribution in [2.24, 2.45) is 5.92 Å². The third-order valence-electron chi connectivity index (χ3n) is 4.99. The van der Waals surface area contributed by atoms with Crippen LogP contribution in [-0.2, 0) is 6.54 Å². The molecule has 4 heteroatoms. The second-order valence-electron chi connectivity index (χ2n) is 6.89. The highest BCUT2D eigenvalue weighted by Gasteiger charge is 2.35. The summed E-state index contributed by atoms with van der Waals surface area (Å²) < 4.78 is 0. The van der Waals surface area contributed by atoms with Crippen LogP contribution in [0.5, 0.6) is 0 Å². The fraction of sp³-hybridized carbons (Fsp3) is 0.273. The molecule has 1 saturated carbocycles. The Bertz CT molecular complexity index is 871. The standard InChI is InChI=1S/C22H22N2OS/c1-16(18-12-13-18)24(15-17-8-4-2-5-9-17)22(25)20-14-23-21(26-20)19-10-6-3-7-11-19/h2-11,14,16,18H,12-13,15H2,1H3. The molecule has 0 aliphatic heterocycles. The Balaban J connectivity index is 1.59. The maximum Gasteiger partial charge on any atom is 0.266 e. The minimum Gasteiger partial charge on any atom is -0.331 e. The Kier molecular flexibility index (Phi) is 4.85. The summed E-state index contributed by atoms with van der Waals surface area (Å²) in [6, 6.07) is 20.5. The predicted molar refractivity (Wildman–Crippen MR) is 106 cm³/mol. The van der Waals surface area contributed by atoms with E-state index in [9.17, 15) is 4.79 Å². The van der Waals surface area contributed by atoms with E-state index in [0.717, 1.165) is 10.6 Å². The molecule has 1 aliphatic carbocycles. The van der Waals surface area contributed by atoms with E-state index < -0.39 is 0 Å². The van der Waals surface area contributed by atoms with E-state index in [1.807, 2.05) is 53.4 Å². The van der Waals surface area contributed by atoms with E-state index >= 15 is 0 Å².